The van der Waals surface area contributed by atoms with Gasteiger partial charge in [-0.1, -0.05) is 17.7 Å². The Hall–Kier alpha value is -3.50. The second-order valence-electron chi connectivity index (χ2n) is 7.41. The van der Waals surface area contributed by atoms with E-state index in [1.165, 1.54) is 35.8 Å². The van der Waals surface area contributed by atoms with Gasteiger partial charge in [-0.2, -0.15) is 0 Å². The second kappa shape index (κ2) is 7.82. The van der Waals surface area contributed by atoms with Crippen LogP contribution in [0.25, 0.3) is 22.0 Å². The summed E-state index contributed by atoms with van der Waals surface area (Å²) in [5.41, 5.74) is 8.17. The van der Waals surface area contributed by atoms with E-state index in [9.17, 15) is 8.42 Å². The van der Waals surface area contributed by atoms with Crippen molar-refractivity contribution >= 4 is 44.2 Å². The first kappa shape index (κ1) is 21.4. The summed E-state index contributed by atoms with van der Waals surface area (Å²) in [6.07, 6.45) is 3.20. The Morgan fingerprint density at radius 1 is 1.15 bits per heavy atom. The molecule has 33 heavy (non-hydrogen) atoms. The highest BCUT2D eigenvalue weighted by Gasteiger charge is 2.35. The van der Waals surface area contributed by atoms with Crippen LogP contribution < -0.4 is 14.8 Å². The van der Waals surface area contributed by atoms with Crippen molar-refractivity contribution in [2.75, 3.05) is 23.7 Å². The van der Waals surface area contributed by atoms with Gasteiger partial charge in [0.15, 0.2) is 4.90 Å². The van der Waals surface area contributed by atoms with Crippen LogP contribution in [0.4, 0.5) is 16.0 Å². The lowest BCUT2D eigenvalue weighted by Crippen LogP contribution is -2.29. The van der Waals surface area contributed by atoms with Crippen LogP contribution in [0, 0.1) is 5.82 Å². The summed E-state index contributed by atoms with van der Waals surface area (Å²) in [5, 5.41) is 0.850. The van der Waals surface area contributed by atoms with Crippen molar-refractivity contribution in [3.05, 3.63) is 65.2 Å². The van der Waals surface area contributed by atoms with Crippen molar-refractivity contribution in [2.24, 2.45) is 0 Å². The van der Waals surface area contributed by atoms with E-state index in [0.717, 1.165) is 0 Å². The zero-order valence-electron chi connectivity index (χ0n) is 17.3. The number of nitrogens with two attached hydrogens (primary N) is 1. The second-order valence-corrected chi connectivity index (χ2v) is 9.68. The number of hydrogen-bond acceptors (Lipinski definition) is 7. The summed E-state index contributed by atoms with van der Waals surface area (Å²) in [7, 11) is -2.73. The molecule has 11 heteroatoms. The number of fused-ring (bicyclic) bond motifs is 2. The van der Waals surface area contributed by atoms with Crippen molar-refractivity contribution in [1.82, 2.24) is 15.0 Å². The minimum absolute atomic E-state index is 0.0658. The van der Waals surface area contributed by atoms with Gasteiger partial charge < -0.3 is 10.5 Å². The number of hydrogen-bond donors (Lipinski definition) is 1. The number of sulfonamides is 1. The van der Waals surface area contributed by atoms with Gasteiger partial charge in [-0.15, -0.1) is 0 Å². The van der Waals surface area contributed by atoms with Gasteiger partial charge >= 0.3 is 0 Å². The molecule has 3 heterocycles. The van der Waals surface area contributed by atoms with Crippen LogP contribution in [0.5, 0.6) is 5.88 Å². The maximum Gasteiger partial charge on any atom is 0.269 e. The number of benzene rings is 2. The predicted molar refractivity (Wildman–Crippen MR) is 123 cm³/mol. The number of nitrogens with zero attached hydrogens (tertiary/aromatic N) is 4. The zero-order valence-corrected chi connectivity index (χ0v) is 18.9. The van der Waals surface area contributed by atoms with Gasteiger partial charge in [0, 0.05) is 29.9 Å². The molecule has 0 radical (unpaired) electrons. The number of nitrogen functional groups attached to an aromatic ring is 1. The summed E-state index contributed by atoms with van der Waals surface area (Å²) in [6, 6.07) is 9.24. The highest BCUT2D eigenvalue weighted by Crippen LogP contribution is 2.42. The molecule has 8 nitrogen and oxygen atoms in total. The van der Waals surface area contributed by atoms with Gasteiger partial charge in [-0.25, -0.2) is 27.8 Å². The van der Waals surface area contributed by atoms with Crippen LogP contribution in [-0.4, -0.2) is 37.0 Å². The zero-order chi connectivity index (χ0) is 23.3. The lowest BCUT2D eigenvalue weighted by atomic mass is 9.96. The molecule has 0 atom stereocenters. The molecule has 0 bridgehead atoms. The molecule has 0 saturated carbocycles. The first-order valence-corrected chi connectivity index (χ1v) is 11.7. The van der Waals surface area contributed by atoms with Crippen LogP contribution >= 0.6 is 11.6 Å². The van der Waals surface area contributed by atoms with E-state index in [1.54, 1.807) is 24.4 Å². The van der Waals surface area contributed by atoms with E-state index in [1.807, 2.05) is 0 Å². The highest BCUT2D eigenvalue weighted by molar-refractivity contribution is 7.93. The molecule has 1 aliphatic rings. The molecule has 0 fully saturated rings. The van der Waals surface area contributed by atoms with E-state index in [4.69, 9.17) is 22.1 Å². The van der Waals surface area contributed by atoms with E-state index < -0.39 is 15.8 Å². The molecule has 1 aliphatic heterocycles. The minimum Gasteiger partial charge on any atom is -0.480 e. The largest absolute Gasteiger partial charge is 0.480 e. The van der Waals surface area contributed by atoms with Crippen LogP contribution in [0.15, 0.2) is 53.7 Å². The van der Waals surface area contributed by atoms with Crippen molar-refractivity contribution < 1.29 is 17.5 Å². The Balaban J connectivity index is 1.64. The molecule has 5 rings (SSSR count). The fourth-order valence-corrected chi connectivity index (χ4v) is 5.91. The van der Waals surface area contributed by atoms with Gasteiger partial charge in [-0.3, -0.25) is 4.31 Å². The Morgan fingerprint density at radius 2 is 1.97 bits per heavy atom. The van der Waals surface area contributed by atoms with Crippen LogP contribution in [0.1, 0.15) is 5.56 Å². The van der Waals surface area contributed by atoms with Gasteiger partial charge in [0.2, 0.25) is 11.8 Å². The van der Waals surface area contributed by atoms with Crippen LogP contribution in [0.2, 0.25) is 5.02 Å². The van der Waals surface area contributed by atoms with Gasteiger partial charge in [-0.05, 0) is 47.9 Å². The Bertz CT molecular complexity index is 1530. The molecule has 2 aromatic heterocycles. The van der Waals surface area contributed by atoms with Crippen molar-refractivity contribution in [3.63, 3.8) is 0 Å². The average molecular weight is 486 g/mol. The number of pyridine rings is 1. The lowest BCUT2D eigenvalue weighted by Gasteiger charge is -2.21. The molecule has 168 valence electrons. The Morgan fingerprint density at radius 3 is 2.76 bits per heavy atom. The molecule has 0 amide bonds. The predicted octanol–water partition coefficient (Wildman–Crippen LogP) is 3.83. The third kappa shape index (κ3) is 3.51. The first-order chi connectivity index (χ1) is 15.8. The number of anilines is 2. The van der Waals surface area contributed by atoms with Crippen LogP contribution in [-0.2, 0) is 16.4 Å². The molecular formula is C22H17ClFN5O3S. The van der Waals surface area contributed by atoms with E-state index in [-0.39, 0.29) is 28.3 Å². The van der Waals surface area contributed by atoms with E-state index >= 15 is 4.39 Å². The maximum atomic E-state index is 15.0. The third-order valence-electron chi connectivity index (χ3n) is 5.50. The van der Waals surface area contributed by atoms with Gasteiger partial charge in [0.05, 0.1) is 23.3 Å². The molecule has 0 aliphatic carbocycles. The quantitative estimate of drug-likeness (QED) is 0.467. The summed E-state index contributed by atoms with van der Waals surface area (Å²) >= 11 is 6.00. The van der Waals surface area contributed by atoms with Gasteiger partial charge in [0.1, 0.15) is 5.82 Å². The first-order valence-electron chi connectivity index (χ1n) is 9.86. The van der Waals surface area contributed by atoms with Gasteiger partial charge in [0.25, 0.3) is 10.0 Å². The summed E-state index contributed by atoms with van der Waals surface area (Å²) in [4.78, 5) is 12.0. The standard InChI is InChI=1S/C22H17ClFN5O3S/c1-32-21-19(9-14(23)11-26-21)33(30,31)29-7-6-15-18(29)5-3-16(24)20(15)12-2-4-17-13(8-12)10-27-22(25)28-17/h2-5,8-11H,6-7H2,1H3,(H2,25,27,28). The number of aromatic nitrogens is 3. The number of rotatable bonds is 4. The van der Waals surface area contributed by atoms with Crippen molar-refractivity contribution in [1.29, 1.82) is 0 Å². The number of ether oxygens (including phenoxy) is 1. The third-order valence-corrected chi connectivity index (χ3v) is 7.52. The molecule has 0 spiro atoms. The van der Waals surface area contributed by atoms with E-state index in [0.29, 0.717) is 39.7 Å². The molecular weight excluding hydrogens is 469 g/mol. The fourth-order valence-electron chi connectivity index (χ4n) is 4.06. The number of methoxy groups -OCH3 is 1. The fraction of sp³-hybridized carbons (Fsp3) is 0.136. The summed E-state index contributed by atoms with van der Waals surface area (Å²) in [5.74, 6) is -0.372. The molecule has 0 unspecified atom stereocenters. The molecule has 0 saturated heterocycles. The van der Waals surface area contributed by atoms with Crippen LogP contribution in [0.3, 0.4) is 0 Å². The Kier molecular flexibility index (Phi) is 5.06. The Labute approximate surface area is 193 Å². The number of halogens is 2. The summed E-state index contributed by atoms with van der Waals surface area (Å²) in [6.45, 7) is 0.136. The average Bonchev–Trinajstić information content (AvgIpc) is 3.23. The topological polar surface area (TPSA) is 111 Å². The maximum absolute atomic E-state index is 15.0. The smallest absolute Gasteiger partial charge is 0.269 e. The van der Waals surface area contributed by atoms with E-state index in [2.05, 4.69) is 15.0 Å². The highest BCUT2D eigenvalue weighted by atomic mass is 35.5. The SMILES string of the molecule is COc1ncc(Cl)cc1S(=O)(=O)N1CCc2c1ccc(F)c2-c1ccc2nc(N)ncc2c1. The lowest BCUT2D eigenvalue weighted by molar-refractivity contribution is 0.385. The van der Waals surface area contributed by atoms with Crippen molar-refractivity contribution in [3.8, 4) is 17.0 Å². The van der Waals surface area contributed by atoms with Crippen molar-refractivity contribution in [2.45, 2.75) is 11.3 Å². The molecule has 4 aromatic rings. The molecule has 2 aromatic carbocycles. The molecule has 2 N–H and O–H groups in total. The summed E-state index contributed by atoms with van der Waals surface area (Å²) < 4.78 is 48.4. The normalized spacial score (nSPS) is 13.4. The minimum atomic E-state index is -4.06. The monoisotopic (exact) mass is 485 g/mol.